The molecule has 0 aliphatic rings. The summed E-state index contributed by atoms with van der Waals surface area (Å²) in [7, 11) is 0. The van der Waals surface area contributed by atoms with Crippen molar-refractivity contribution in [3.63, 3.8) is 0 Å². The van der Waals surface area contributed by atoms with Crippen LogP contribution in [0.4, 0.5) is 0 Å². The molecule has 3 nitrogen and oxygen atoms in total. The zero-order valence-corrected chi connectivity index (χ0v) is 3.51. The molecule has 1 atom stereocenters. The molecule has 0 aromatic heterocycles. The van der Waals surface area contributed by atoms with E-state index in [-0.39, 0.29) is 0 Å². The van der Waals surface area contributed by atoms with E-state index in [1.165, 1.54) is 6.92 Å². The molecule has 36 valence electrons. The lowest BCUT2D eigenvalue weighted by atomic mass is 10.7. The molecule has 3 heteroatoms. The van der Waals surface area contributed by atoms with E-state index in [2.05, 4.69) is 5.73 Å². The Labute approximate surface area is 35.8 Å². The Hall–Kier alpha value is -0.570. The molecule has 3 N–H and O–H groups in total. The number of carbonyl (C=O) groups excluding carboxylic acids is 1. The smallest absolute Gasteiger partial charge is 0.245 e. The van der Waals surface area contributed by atoms with Gasteiger partial charge in [-0.1, -0.05) is 0 Å². The molecular weight excluding hydrogens is 84.0 g/mol. The first-order valence-corrected chi connectivity index (χ1v) is 1.62. The van der Waals surface area contributed by atoms with Crippen LogP contribution in [0.25, 0.3) is 0 Å². The summed E-state index contributed by atoms with van der Waals surface area (Å²) < 4.78 is 0. The number of aliphatic hydroxyl groups excluding tert-OH is 1. The van der Waals surface area contributed by atoms with Gasteiger partial charge in [-0.3, -0.25) is 4.79 Å². The number of aliphatic hydroxyl groups is 1. The minimum Gasteiger partial charge on any atom is -0.384 e. The van der Waals surface area contributed by atoms with Crippen molar-refractivity contribution in [1.82, 2.24) is 0 Å². The molecule has 0 saturated heterocycles. The fraction of sp³-hybridized carbons (Fsp3) is 0.667. The lowest BCUT2D eigenvalue weighted by Gasteiger charge is -1.90. The molecule has 0 rings (SSSR count). The van der Waals surface area contributed by atoms with Crippen molar-refractivity contribution >= 4 is 5.91 Å². The van der Waals surface area contributed by atoms with Gasteiger partial charge in [0, 0.05) is 0 Å². The topological polar surface area (TPSA) is 63.3 Å². The van der Waals surface area contributed by atoms with E-state index >= 15 is 0 Å². The van der Waals surface area contributed by atoms with E-state index in [0.29, 0.717) is 0 Å². The highest BCUT2D eigenvalue weighted by atomic mass is 16.4. The number of primary amides is 1. The van der Waals surface area contributed by atoms with Crippen LogP contribution in [0.1, 0.15) is 6.92 Å². The summed E-state index contributed by atoms with van der Waals surface area (Å²) in [5.41, 5.74) is 4.55. The van der Waals surface area contributed by atoms with Gasteiger partial charge >= 0.3 is 0 Å². The first kappa shape index (κ1) is 5.43. The lowest BCUT2D eigenvalue weighted by molar-refractivity contribution is -0.125. The summed E-state index contributed by atoms with van der Waals surface area (Å²) in [5, 5.41) is 8.16. The summed E-state index contributed by atoms with van der Waals surface area (Å²) in [6.07, 6.45) is -1.01. The quantitative estimate of drug-likeness (QED) is 0.428. The van der Waals surface area contributed by atoms with Crippen molar-refractivity contribution in [3.05, 3.63) is 0 Å². The minimum absolute atomic E-state index is 0.685. The molecule has 1 unspecified atom stereocenters. The molecule has 0 spiro atoms. The Morgan fingerprint density at radius 3 is 2.17 bits per heavy atom. The molecule has 1 amide bonds. The Balaban J connectivity index is 3.26. The van der Waals surface area contributed by atoms with Gasteiger partial charge in [-0.2, -0.15) is 0 Å². The number of amides is 1. The molecule has 0 fully saturated rings. The van der Waals surface area contributed by atoms with Crippen molar-refractivity contribution in [2.24, 2.45) is 5.73 Å². The molecule has 0 aromatic carbocycles. The van der Waals surface area contributed by atoms with Gasteiger partial charge in [0.25, 0.3) is 0 Å². The first-order valence-electron chi connectivity index (χ1n) is 1.62. The van der Waals surface area contributed by atoms with Crippen molar-refractivity contribution in [1.29, 1.82) is 0 Å². The van der Waals surface area contributed by atoms with Crippen molar-refractivity contribution in [3.8, 4) is 0 Å². The summed E-state index contributed by atoms with van der Waals surface area (Å²) in [6.45, 7) is 1.32. The van der Waals surface area contributed by atoms with Crippen molar-refractivity contribution in [2.75, 3.05) is 0 Å². The molecule has 0 saturated carbocycles. The second-order valence-corrected chi connectivity index (χ2v) is 1.08. The van der Waals surface area contributed by atoms with Crippen LogP contribution >= 0.6 is 0 Å². The molecule has 0 heterocycles. The molecule has 6 heavy (non-hydrogen) atoms. The van der Waals surface area contributed by atoms with Crippen LogP contribution in [0, 0.1) is 0 Å². The highest BCUT2D eigenvalue weighted by molar-refractivity contribution is 5.77. The van der Waals surface area contributed by atoms with Crippen LogP contribution in [0.5, 0.6) is 0 Å². The van der Waals surface area contributed by atoms with E-state index in [9.17, 15) is 4.79 Å². The van der Waals surface area contributed by atoms with E-state index in [4.69, 9.17) is 5.11 Å². The van der Waals surface area contributed by atoms with Crippen molar-refractivity contribution in [2.45, 2.75) is 13.0 Å². The van der Waals surface area contributed by atoms with Crippen LogP contribution < -0.4 is 5.73 Å². The lowest BCUT2D eigenvalue weighted by Crippen LogP contribution is -2.24. The van der Waals surface area contributed by atoms with Gasteiger partial charge in [0.15, 0.2) is 0 Å². The highest BCUT2D eigenvalue weighted by Crippen LogP contribution is 1.70. The van der Waals surface area contributed by atoms with Crippen LogP contribution in [-0.2, 0) is 4.79 Å². The van der Waals surface area contributed by atoms with Crippen LogP contribution in [-0.4, -0.2) is 17.1 Å². The average molecular weight is 91.1 g/mol. The third kappa shape index (κ3) is 1.72. The van der Waals surface area contributed by atoms with Gasteiger partial charge in [-0.25, -0.2) is 0 Å². The second kappa shape index (κ2) is 1.77. The SMILES string of the molecule is CC(O)[14C](N)=O. The predicted octanol–water partition coefficient (Wildman–Crippen LogP) is -1.15. The van der Waals surface area contributed by atoms with E-state index in [1.54, 1.807) is 0 Å². The van der Waals surface area contributed by atoms with Crippen LogP contribution in [0.15, 0.2) is 0 Å². The number of carbonyl (C=O) groups is 1. The fourth-order valence-corrected chi connectivity index (χ4v) is 0. The number of hydrogen-bond acceptors (Lipinski definition) is 2. The minimum atomic E-state index is -1.01. The van der Waals surface area contributed by atoms with E-state index in [1.807, 2.05) is 0 Å². The summed E-state index contributed by atoms with van der Waals surface area (Å²) >= 11 is 0. The standard InChI is InChI=1S/C3H7NO2/c1-2(5)3(4)6/h2,5H,1H3,(H2,4,6)/i3+2. The maximum Gasteiger partial charge on any atom is 0.245 e. The summed E-state index contributed by atoms with van der Waals surface area (Å²) in [4.78, 5) is 9.67. The summed E-state index contributed by atoms with van der Waals surface area (Å²) in [5.74, 6) is -0.685. The normalized spacial score (nSPS) is 13.7. The second-order valence-electron chi connectivity index (χ2n) is 1.08. The third-order valence-electron chi connectivity index (χ3n) is 0.412. The largest absolute Gasteiger partial charge is 0.384 e. The maximum absolute atomic E-state index is 9.67. The Bertz CT molecular complexity index is 59.8. The molecule has 0 aliphatic carbocycles. The van der Waals surface area contributed by atoms with Gasteiger partial charge in [0.2, 0.25) is 5.91 Å². The molecule has 0 aliphatic heterocycles. The fourth-order valence-electron chi connectivity index (χ4n) is 0. The Kier molecular flexibility index (Phi) is 1.60. The molecule has 0 aromatic rings. The summed E-state index contributed by atoms with van der Waals surface area (Å²) in [6, 6.07) is 0. The average Bonchev–Trinajstić information content (AvgIpc) is 1.36. The third-order valence-corrected chi connectivity index (χ3v) is 0.412. The van der Waals surface area contributed by atoms with Gasteiger partial charge in [0.1, 0.15) is 6.10 Å². The molecule has 0 bridgehead atoms. The van der Waals surface area contributed by atoms with Crippen LogP contribution in [0.2, 0.25) is 0 Å². The molecular formula is C3H7NO2. The van der Waals surface area contributed by atoms with Gasteiger partial charge in [-0.15, -0.1) is 0 Å². The van der Waals surface area contributed by atoms with Gasteiger partial charge < -0.3 is 10.8 Å². The Morgan fingerprint density at radius 1 is 2.00 bits per heavy atom. The van der Waals surface area contributed by atoms with E-state index < -0.39 is 12.0 Å². The zero-order chi connectivity index (χ0) is 5.15. The molecule has 0 radical (unpaired) electrons. The highest BCUT2D eigenvalue weighted by Gasteiger charge is 1.98. The van der Waals surface area contributed by atoms with Gasteiger partial charge in [0.05, 0.1) is 0 Å². The monoisotopic (exact) mass is 91.1 g/mol. The number of rotatable bonds is 1. The number of nitrogens with two attached hydrogens (primary N) is 1. The first-order chi connectivity index (χ1) is 2.64. The van der Waals surface area contributed by atoms with Gasteiger partial charge in [-0.05, 0) is 6.92 Å². The number of hydrogen-bond donors (Lipinski definition) is 2. The van der Waals surface area contributed by atoms with Crippen LogP contribution in [0.3, 0.4) is 0 Å². The van der Waals surface area contributed by atoms with Crippen molar-refractivity contribution < 1.29 is 9.90 Å². The Morgan fingerprint density at radius 2 is 2.17 bits per heavy atom. The maximum atomic E-state index is 9.67. The van der Waals surface area contributed by atoms with E-state index in [0.717, 1.165) is 0 Å². The zero-order valence-electron chi connectivity index (χ0n) is 3.51. The predicted molar refractivity (Wildman–Crippen MR) is 20.9 cm³/mol.